The van der Waals surface area contributed by atoms with Crippen molar-refractivity contribution >= 4 is 56.4 Å². The second-order valence-electron chi connectivity index (χ2n) is 6.05. The largest absolute Gasteiger partial charge is 0.482 e. The van der Waals surface area contributed by atoms with Crippen LogP contribution in [0, 0.1) is 5.82 Å². The normalized spacial score (nSPS) is 13.5. The van der Waals surface area contributed by atoms with Crippen molar-refractivity contribution in [2.24, 2.45) is 0 Å². The number of carbonyl (C=O) groups is 2. The summed E-state index contributed by atoms with van der Waals surface area (Å²) >= 11 is 11.7. The zero-order valence-corrected chi connectivity index (χ0v) is 17.2. The molecule has 0 aromatic heterocycles. The van der Waals surface area contributed by atoms with E-state index in [0.29, 0.717) is 0 Å². The molecule has 0 saturated heterocycles. The lowest BCUT2D eigenvalue weighted by atomic mass is 10.2. The van der Waals surface area contributed by atoms with Crippen LogP contribution in [0.25, 0.3) is 0 Å². The van der Waals surface area contributed by atoms with Gasteiger partial charge >= 0.3 is 0 Å². The van der Waals surface area contributed by atoms with E-state index < -0.39 is 28.3 Å². The van der Waals surface area contributed by atoms with Crippen LogP contribution in [0.2, 0.25) is 10.0 Å². The number of halogens is 3. The Morgan fingerprint density at radius 1 is 1.28 bits per heavy atom. The van der Waals surface area contributed by atoms with Crippen LogP contribution >= 0.6 is 23.2 Å². The van der Waals surface area contributed by atoms with Gasteiger partial charge in [-0.15, -0.1) is 0 Å². The van der Waals surface area contributed by atoms with E-state index >= 15 is 0 Å². The molecule has 154 valence electrons. The van der Waals surface area contributed by atoms with E-state index in [1.165, 1.54) is 31.3 Å². The molecule has 8 nitrogen and oxygen atoms in total. The van der Waals surface area contributed by atoms with E-state index in [9.17, 15) is 22.4 Å². The van der Waals surface area contributed by atoms with E-state index in [0.717, 1.165) is 10.4 Å². The predicted octanol–water partition coefficient (Wildman–Crippen LogP) is 2.72. The van der Waals surface area contributed by atoms with Crippen molar-refractivity contribution in [3.8, 4) is 5.75 Å². The Labute approximate surface area is 175 Å². The molecule has 0 aliphatic carbocycles. The van der Waals surface area contributed by atoms with Gasteiger partial charge in [0.15, 0.2) is 6.61 Å². The van der Waals surface area contributed by atoms with Crippen molar-refractivity contribution in [2.45, 2.75) is 4.90 Å². The molecule has 2 amide bonds. The van der Waals surface area contributed by atoms with Crippen LogP contribution in [-0.4, -0.2) is 44.7 Å². The third-order valence-electron chi connectivity index (χ3n) is 3.92. The van der Waals surface area contributed by atoms with Crippen LogP contribution < -0.4 is 15.4 Å². The summed E-state index contributed by atoms with van der Waals surface area (Å²) in [5.74, 6) is -1.56. The minimum atomic E-state index is -4.16. The van der Waals surface area contributed by atoms with Crippen molar-refractivity contribution < 1.29 is 27.1 Å². The first-order chi connectivity index (χ1) is 13.6. The number of carbonyl (C=O) groups excluding carboxylic acids is 2. The van der Waals surface area contributed by atoms with Crippen molar-refractivity contribution in [3.05, 3.63) is 46.2 Å². The maximum atomic E-state index is 13.2. The van der Waals surface area contributed by atoms with E-state index in [2.05, 4.69) is 10.6 Å². The second kappa shape index (κ2) is 8.15. The van der Waals surface area contributed by atoms with Gasteiger partial charge in [0.05, 0.1) is 22.3 Å². The molecule has 0 atom stereocenters. The molecule has 0 spiro atoms. The summed E-state index contributed by atoms with van der Waals surface area (Å²) in [4.78, 5) is 23.3. The van der Waals surface area contributed by atoms with Crippen LogP contribution in [0.15, 0.2) is 35.2 Å². The molecule has 0 radical (unpaired) electrons. The zero-order valence-electron chi connectivity index (χ0n) is 14.8. The number of nitrogens with zero attached hydrogens (tertiary/aromatic N) is 1. The van der Waals surface area contributed by atoms with Crippen molar-refractivity contribution in [3.63, 3.8) is 0 Å². The van der Waals surface area contributed by atoms with E-state index in [-0.39, 0.29) is 44.6 Å². The first-order valence-corrected chi connectivity index (χ1v) is 10.2. The van der Waals surface area contributed by atoms with Gasteiger partial charge in [0, 0.05) is 18.8 Å². The molecular formula is C17H14Cl2FN3O5S. The summed E-state index contributed by atoms with van der Waals surface area (Å²) in [5.41, 5.74) is 0.460. The number of hydrogen-bond acceptors (Lipinski definition) is 5. The molecule has 2 aromatic rings. The van der Waals surface area contributed by atoms with E-state index in [1.54, 1.807) is 0 Å². The van der Waals surface area contributed by atoms with Crippen LogP contribution in [0.4, 0.5) is 15.8 Å². The highest BCUT2D eigenvalue weighted by Crippen LogP contribution is 2.36. The minimum Gasteiger partial charge on any atom is -0.482 e. The molecule has 1 aliphatic rings. The highest BCUT2D eigenvalue weighted by atomic mass is 35.5. The number of nitrogens with one attached hydrogen (secondary N) is 2. The lowest BCUT2D eigenvalue weighted by molar-refractivity contribution is -0.118. The standard InChI is InChI=1S/C17H14Cl2FN3O5S/c1-23(7-16(24)21-9-2-3-12(20)10(18)4-9)29(26,27)15-6-14-13(5-11(15)19)22-17(25)8-28-14/h2-6H,7-8H2,1H3,(H,21,24)(H,22,25). The van der Waals surface area contributed by atoms with Gasteiger partial charge in [-0.05, 0) is 24.3 Å². The number of likely N-dealkylation sites (N-methyl/N-ethyl adjacent to an activating group) is 1. The molecule has 3 rings (SSSR count). The quantitative estimate of drug-likeness (QED) is 0.711. The van der Waals surface area contributed by atoms with Crippen molar-refractivity contribution in [1.82, 2.24) is 4.31 Å². The molecule has 1 heterocycles. The van der Waals surface area contributed by atoms with E-state index in [4.69, 9.17) is 27.9 Å². The molecule has 2 N–H and O–H groups in total. The van der Waals surface area contributed by atoms with E-state index in [1.807, 2.05) is 0 Å². The summed E-state index contributed by atoms with van der Waals surface area (Å²) in [6.45, 7) is -0.797. The number of benzene rings is 2. The molecule has 0 fully saturated rings. The topological polar surface area (TPSA) is 105 Å². The zero-order chi connectivity index (χ0) is 21.3. The third kappa shape index (κ3) is 4.61. The summed E-state index contributed by atoms with van der Waals surface area (Å²) in [6.07, 6.45) is 0. The van der Waals surface area contributed by atoms with Gasteiger partial charge in [-0.1, -0.05) is 23.2 Å². The molecule has 0 unspecified atom stereocenters. The Kier molecular flexibility index (Phi) is 5.99. The average molecular weight is 462 g/mol. The lowest BCUT2D eigenvalue weighted by Crippen LogP contribution is -2.35. The molecule has 0 bridgehead atoms. The minimum absolute atomic E-state index is 0.145. The Hall–Kier alpha value is -2.40. The van der Waals surface area contributed by atoms with Gasteiger partial charge in [-0.3, -0.25) is 9.59 Å². The molecular weight excluding hydrogens is 448 g/mol. The highest BCUT2D eigenvalue weighted by Gasteiger charge is 2.29. The summed E-state index contributed by atoms with van der Waals surface area (Å²) in [6, 6.07) is 6.01. The van der Waals surface area contributed by atoms with Gasteiger partial charge in [0.25, 0.3) is 5.91 Å². The van der Waals surface area contributed by atoms with Crippen molar-refractivity contribution in [1.29, 1.82) is 0 Å². The Morgan fingerprint density at radius 3 is 2.69 bits per heavy atom. The first kappa shape index (κ1) is 21.3. The number of hydrogen-bond donors (Lipinski definition) is 2. The number of ether oxygens (including phenoxy) is 1. The van der Waals surface area contributed by atoms with Gasteiger partial charge < -0.3 is 15.4 Å². The molecule has 2 aromatic carbocycles. The SMILES string of the molecule is CN(CC(=O)Nc1ccc(F)c(Cl)c1)S(=O)(=O)c1cc2c(cc1Cl)NC(=O)CO2. The molecule has 1 aliphatic heterocycles. The fourth-order valence-electron chi connectivity index (χ4n) is 2.51. The Morgan fingerprint density at radius 2 is 2.00 bits per heavy atom. The monoisotopic (exact) mass is 461 g/mol. The average Bonchev–Trinajstić information content (AvgIpc) is 2.63. The number of fused-ring (bicyclic) bond motifs is 1. The lowest BCUT2D eigenvalue weighted by Gasteiger charge is -2.22. The molecule has 29 heavy (non-hydrogen) atoms. The number of sulfonamides is 1. The second-order valence-corrected chi connectivity index (χ2v) is 8.88. The van der Waals surface area contributed by atoms with Crippen LogP contribution in [0.1, 0.15) is 0 Å². The summed E-state index contributed by atoms with van der Waals surface area (Å²) in [5, 5.41) is 4.62. The fraction of sp³-hybridized carbons (Fsp3) is 0.176. The first-order valence-electron chi connectivity index (χ1n) is 8.05. The summed E-state index contributed by atoms with van der Waals surface area (Å²) < 4.78 is 44.9. The van der Waals surface area contributed by atoms with Gasteiger partial charge in [0.2, 0.25) is 15.9 Å². The maximum Gasteiger partial charge on any atom is 0.262 e. The number of rotatable bonds is 5. The smallest absolute Gasteiger partial charge is 0.262 e. The Balaban J connectivity index is 1.77. The van der Waals surface area contributed by atoms with Crippen LogP contribution in [-0.2, 0) is 19.6 Å². The molecule has 0 saturated carbocycles. The third-order valence-corrected chi connectivity index (χ3v) is 6.48. The van der Waals surface area contributed by atoms with Crippen molar-refractivity contribution in [2.75, 3.05) is 30.8 Å². The van der Waals surface area contributed by atoms with Gasteiger partial charge in [-0.2, -0.15) is 4.31 Å². The predicted molar refractivity (Wildman–Crippen MR) is 105 cm³/mol. The fourth-order valence-corrected chi connectivity index (χ4v) is 4.33. The molecule has 12 heteroatoms. The van der Waals surface area contributed by atoms with Gasteiger partial charge in [0.1, 0.15) is 16.5 Å². The number of anilines is 2. The highest BCUT2D eigenvalue weighted by molar-refractivity contribution is 7.89. The number of amides is 2. The summed E-state index contributed by atoms with van der Waals surface area (Å²) in [7, 11) is -2.96. The van der Waals surface area contributed by atoms with Crippen LogP contribution in [0.5, 0.6) is 5.75 Å². The van der Waals surface area contributed by atoms with Crippen LogP contribution in [0.3, 0.4) is 0 Å². The Bertz CT molecular complexity index is 1110. The van der Waals surface area contributed by atoms with Gasteiger partial charge in [-0.25, -0.2) is 12.8 Å². The maximum absolute atomic E-state index is 13.2.